The van der Waals surface area contributed by atoms with Gasteiger partial charge in [0.15, 0.2) is 5.69 Å². The number of nitrogens with zero attached hydrogens (tertiary/aromatic N) is 6. The molecule has 0 unspecified atom stereocenters. The Hall–Kier alpha value is -2.43. The van der Waals surface area contributed by atoms with Crippen LogP contribution in [-0.4, -0.2) is 54.8 Å². The number of aromatic nitrogens is 5. The maximum Gasteiger partial charge on any atom is 0.435 e. The standard InChI is InChI=1S/C14H15F3N6O2/c1-21-10(4-12(19-21)14(15,16)17)13(24)22-3-2-9-11(6-22)25-7-8-5-18-20-23(8)9/h4-5,9,11H,2-3,6-7H2,1H3/t9-,11-/m0/s1. The Balaban J connectivity index is 1.53. The first-order valence-electron chi connectivity index (χ1n) is 7.76. The molecule has 0 N–H and O–H groups in total. The number of fused-ring (bicyclic) bond motifs is 3. The van der Waals surface area contributed by atoms with Crippen LogP contribution >= 0.6 is 0 Å². The highest BCUT2D eigenvalue weighted by molar-refractivity contribution is 5.92. The zero-order chi connectivity index (χ0) is 17.8. The van der Waals surface area contributed by atoms with Gasteiger partial charge in [0.1, 0.15) is 5.69 Å². The lowest BCUT2D eigenvalue weighted by Gasteiger charge is -2.40. The maximum atomic E-state index is 12.8. The molecule has 2 aliphatic heterocycles. The number of halogens is 3. The summed E-state index contributed by atoms with van der Waals surface area (Å²) in [5.41, 5.74) is -0.292. The Bertz CT molecular complexity index is 814. The minimum atomic E-state index is -4.58. The Morgan fingerprint density at radius 3 is 2.92 bits per heavy atom. The number of hydrogen-bond acceptors (Lipinski definition) is 5. The monoisotopic (exact) mass is 356 g/mol. The molecule has 1 fully saturated rings. The predicted octanol–water partition coefficient (Wildman–Crippen LogP) is 1.02. The van der Waals surface area contributed by atoms with E-state index in [4.69, 9.17) is 4.74 Å². The Labute approximate surface area is 140 Å². The number of rotatable bonds is 1. The molecule has 0 spiro atoms. The molecule has 2 aromatic heterocycles. The third kappa shape index (κ3) is 2.68. The zero-order valence-corrected chi connectivity index (χ0v) is 13.3. The van der Waals surface area contributed by atoms with E-state index in [2.05, 4.69) is 15.4 Å². The Kier molecular flexibility index (Phi) is 3.56. The van der Waals surface area contributed by atoms with Crippen LogP contribution < -0.4 is 0 Å². The summed E-state index contributed by atoms with van der Waals surface area (Å²) < 4.78 is 46.9. The Morgan fingerprint density at radius 1 is 1.40 bits per heavy atom. The number of likely N-dealkylation sites (tertiary alicyclic amines) is 1. The van der Waals surface area contributed by atoms with Crippen LogP contribution in [0.3, 0.4) is 0 Å². The van der Waals surface area contributed by atoms with Gasteiger partial charge in [-0.1, -0.05) is 5.21 Å². The fourth-order valence-electron chi connectivity index (χ4n) is 3.34. The third-order valence-electron chi connectivity index (χ3n) is 4.61. The molecular formula is C14H15F3N6O2. The van der Waals surface area contributed by atoms with Gasteiger partial charge in [0.05, 0.1) is 30.6 Å². The molecule has 0 aliphatic carbocycles. The number of piperidine rings is 1. The number of aryl methyl sites for hydroxylation is 1. The van der Waals surface area contributed by atoms with Crippen molar-refractivity contribution in [1.29, 1.82) is 0 Å². The van der Waals surface area contributed by atoms with Crippen molar-refractivity contribution in [1.82, 2.24) is 29.7 Å². The largest absolute Gasteiger partial charge is 0.435 e. The van der Waals surface area contributed by atoms with Crippen molar-refractivity contribution in [2.45, 2.75) is 31.3 Å². The van der Waals surface area contributed by atoms with Crippen molar-refractivity contribution in [3.63, 3.8) is 0 Å². The number of alkyl halides is 3. The van der Waals surface area contributed by atoms with E-state index >= 15 is 0 Å². The lowest BCUT2D eigenvalue weighted by molar-refractivity contribution is -0.141. The van der Waals surface area contributed by atoms with Gasteiger partial charge in [0.25, 0.3) is 5.91 Å². The van der Waals surface area contributed by atoms with Crippen molar-refractivity contribution in [3.8, 4) is 0 Å². The van der Waals surface area contributed by atoms with Gasteiger partial charge in [-0.3, -0.25) is 9.48 Å². The van der Waals surface area contributed by atoms with E-state index < -0.39 is 17.8 Å². The van der Waals surface area contributed by atoms with Crippen LogP contribution in [0.5, 0.6) is 0 Å². The third-order valence-corrected chi connectivity index (χ3v) is 4.61. The lowest BCUT2D eigenvalue weighted by Crippen LogP contribution is -2.50. The van der Waals surface area contributed by atoms with Crippen LogP contribution in [0.4, 0.5) is 13.2 Å². The molecule has 134 valence electrons. The predicted molar refractivity (Wildman–Crippen MR) is 76.4 cm³/mol. The molecule has 2 aromatic rings. The van der Waals surface area contributed by atoms with Crippen molar-refractivity contribution < 1.29 is 22.7 Å². The zero-order valence-electron chi connectivity index (χ0n) is 13.3. The molecule has 0 aromatic carbocycles. The fourth-order valence-corrected chi connectivity index (χ4v) is 3.34. The van der Waals surface area contributed by atoms with Crippen LogP contribution in [0, 0.1) is 0 Å². The quantitative estimate of drug-likeness (QED) is 0.762. The highest BCUT2D eigenvalue weighted by Gasteiger charge is 2.40. The van der Waals surface area contributed by atoms with Gasteiger partial charge in [-0.15, -0.1) is 5.10 Å². The molecule has 1 saturated heterocycles. The van der Waals surface area contributed by atoms with E-state index in [1.165, 1.54) is 11.9 Å². The van der Waals surface area contributed by atoms with Gasteiger partial charge in [0, 0.05) is 26.2 Å². The number of hydrogen-bond donors (Lipinski definition) is 0. The average molecular weight is 356 g/mol. The van der Waals surface area contributed by atoms with Gasteiger partial charge in [-0.05, 0) is 6.42 Å². The van der Waals surface area contributed by atoms with Crippen LogP contribution in [-0.2, 0) is 24.6 Å². The molecule has 0 radical (unpaired) electrons. The summed E-state index contributed by atoms with van der Waals surface area (Å²) in [4.78, 5) is 14.1. The van der Waals surface area contributed by atoms with E-state index in [9.17, 15) is 18.0 Å². The van der Waals surface area contributed by atoms with Gasteiger partial charge < -0.3 is 9.64 Å². The molecule has 2 atom stereocenters. The van der Waals surface area contributed by atoms with Crippen LogP contribution in [0.15, 0.2) is 12.3 Å². The highest BCUT2D eigenvalue weighted by atomic mass is 19.4. The van der Waals surface area contributed by atoms with Crippen molar-refractivity contribution in [2.24, 2.45) is 7.05 Å². The van der Waals surface area contributed by atoms with Gasteiger partial charge >= 0.3 is 6.18 Å². The first-order chi connectivity index (χ1) is 11.8. The molecule has 2 aliphatic rings. The molecular weight excluding hydrogens is 341 g/mol. The molecule has 0 bridgehead atoms. The van der Waals surface area contributed by atoms with E-state index in [0.29, 0.717) is 19.6 Å². The minimum absolute atomic E-state index is 0.0208. The van der Waals surface area contributed by atoms with Gasteiger partial charge in [0.2, 0.25) is 0 Å². The van der Waals surface area contributed by atoms with Crippen molar-refractivity contribution >= 4 is 5.91 Å². The first-order valence-corrected chi connectivity index (χ1v) is 7.76. The number of amides is 1. The highest BCUT2D eigenvalue weighted by Crippen LogP contribution is 2.32. The van der Waals surface area contributed by atoms with Gasteiger partial charge in [-0.25, -0.2) is 4.68 Å². The second-order valence-electron chi connectivity index (χ2n) is 6.16. The first kappa shape index (κ1) is 16.1. The summed E-state index contributed by atoms with van der Waals surface area (Å²) in [5.74, 6) is -0.489. The minimum Gasteiger partial charge on any atom is -0.368 e. The topological polar surface area (TPSA) is 78.1 Å². The second-order valence-corrected chi connectivity index (χ2v) is 6.16. The van der Waals surface area contributed by atoms with E-state index in [1.54, 1.807) is 6.20 Å². The summed E-state index contributed by atoms with van der Waals surface area (Å²) in [6.45, 7) is 1.03. The average Bonchev–Trinajstić information content (AvgIpc) is 3.19. The van der Waals surface area contributed by atoms with Crippen LogP contribution in [0.25, 0.3) is 0 Å². The fraction of sp³-hybridized carbons (Fsp3) is 0.571. The summed E-state index contributed by atoms with van der Waals surface area (Å²) >= 11 is 0. The molecule has 0 saturated carbocycles. The molecule has 4 rings (SSSR count). The van der Waals surface area contributed by atoms with Gasteiger partial charge in [-0.2, -0.15) is 18.3 Å². The van der Waals surface area contributed by atoms with E-state index in [0.717, 1.165) is 16.4 Å². The molecule has 11 heteroatoms. The van der Waals surface area contributed by atoms with Crippen LogP contribution in [0.1, 0.15) is 34.3 Å². The number of carbonyl (C=O) groups is 1. The second kappa shape index (κ2) is 5.55. The summed E-state index contributed by atoms with van der Waals surface area (Å²) in [6.07, 6.45) is -2.61. The SMILES string of the molecule is Cn1nc(C(F)(F)F)cc1C(=O)N1CC[C@H]2[C@H](C1)OCc1cnnn12. The van der Waals surface area contributed by atoms with Crippen molar-refractivity contribution in [3.05, 3.63) is 29.3 Å². The van der Waals surface area contributed by atoms with Crippen molar-refractivity contribution in [2.75, 3.05) is 13.1 Å². The Morgan fingerprint density at radius 2 is 2.20 bits per heavy atom. The number of carbonyl (C=O) groups excluding carboxylic acids is 1. The van der Waals surface area contributed by atoms with E-state index in [1.807, 2.05) is 4.68 Å². The molecule has 4 heterocycles. The lowest BCUT2D eigenvalue weighted by atomic mass is 10.00. The molecule has 1 amide bonds. The smallest absolute Gasteiger partial charge is 0.368 e. The van der Waals surface area contributed by atoms with Crippen LogP contribution in [0.2, 0.25) is 0 Å². The summed E-state index contributed by atoms with van der Waals surface area (Å²) in [5, 5.41) is 11.3. The molecule has 8 nitrogen and oxygen atoms in total. The molecule has 25 heavy (non-hydrogen) atoms. The number of ether oxygens (including phenoxy) is 1. The summed E-state index contributed by atoms with van der Waals surface area (Å²) in [6, 6.07) is 0.763. The van der Waals surface area contributed by atoms with E-state index in [-0.39, 0.29) is 24.4 Å². The normalized spacial score (nSPS) is 23.3. The maximum absolute atomic E-state index is 12.8. The summed E-state index contributed by atoms with van der Waals surface area (Å²) in [7, 11) is 1.33.